The Morgan fingerprint density at radius 2 is 2.00 bits per heavy atom. The summed E-state index contributed by atoms with van der Waals surface area (Å²) in [6.07, 6.45) is 2.43. The molecule has 31 heavy (non-hydrogen) atoms. The Kier molecular flexibility index (Phi) is 7.62. The number of methoxy groups -OCH3 is 1. The summed E-state index contributed by atoms with van der Waals surface area (Å²) in [6.45, 7) is 4.12. The van der Waals surface area contributed by atoms with Gasteiger partial charge >= 0.3 is 140 Å². The molecule has 0 aliphatic carbocycles. The Labute approximate surface area is 196 Å². The number of benzene rings is 2. The zero-order valence-electron chi connectivity index (χ0n) is 17.2. The van der Waals surface area contributed by atoms with Gasteiger partial charge in [0.25, 0.3) is 0 Å². The summed E-state index contributed by atoms with van der Waals surface area (Å²) in [4.78, 5) is 11.2. The van der Waals surface area contributed by atoms with E-state index < -0.39 is 5.82 Å². The molecule has 1 N–H and O–H groups in total. The van der Waals surface area contributed by atoms with Gasteiger partial charge < -0.3 is 0 Å². The van der Waals surface area contributed by atoms with E-state index in [1.165, 1.54) is 40.4 Å². The normalized spacial score (nSPS) is 14.8. The van der Waals surface area contributed by atoms with Gasteiger partial charge in [-0.2, -0.15) is 0 Å². The van der Waals surface area contributed by atoms with Crippen LogP contribution in [-0.4, -0.2) is 57.1 Å². The van der Waals surface area contributed by atoms with Crippen LogP contribution in [0, 0.1) is 5.82 Å². The van der Waals surface area contributed by atoms with E-state index in [1.807, 2.05) is 12.1 Å². The second kappa shape index (κ2) is 10.6. The molecule has 0 saturated carbocycles. The molecule has 0 atom stereocenters. The number of hydrogen-bond donors (Lipinski definition) is 1. The van der Waals surface area contributed by atoms with Gasteiger partial charge in [-0.1, -0.05) is 11.6 Å². The molecular weight excluding hydrogens is 534 g/mol. The first-order valence-electron chi connectivity index (χ1n) is 10.1. The molecule has 0 radical (unpaired) electrons. The minimum atomic E-state index is -0.466. The van der Waals surface area contributed by atoms with Crippen molar-refractivity contribution < 1.29 is 35.1 Å². The predicted molar refractivity (Wildman–Crippen MR) is 117 cm³/mol. The molecule has 1 saturated heterocycles. The summed E-state index contributed by atoms with van der Waals surface area (Å²) in [6, 6.07) is 8.17. The molecule has 0 bridgehead atoms. The molecular formula is C22H24ClFIN4O2-. The van der Waals surface area contributed by atoms with Gasteiger partial charge in [-0.05, 0) is 18.2 Å². The number of nitrogens with one attached hydrogen (secondary N) is 1. The van der Waals surface area contributed by atoms with Crippen molar-refractivity contribution in [1.29, 1.82) is 0 Å². The topological polar surface area (TPSA) is 59.5 Å². The van der Waals surface area contributed by atoms with E-state index >= 15 is 0 Å². The number of ether oxygens (including phenoxy) is 2. The SMILES string of the molecule is COc1cc2ncnc(Nc3ccc(F)c(Cl)c3)c2cc1OCCCN1CC[I-]CC1. The van der Waals surface area contributed by atoms with Gasteiger partial charge in [-0.15, -0.1) is 0 Å². The summed E-state index contributed by atoms with van der Waals surface area (Å²) < 4.78 is 27.9. The number of nitrogens with zero attached hydrogens (tertiary/aromatic N) is 3. The van der Waals surface area contributed by atoms with E-state index in [2.05, 4.69) is 20.2 Å². The number of alkyl halides is 2. The fraction of sp³-hybridized carbons (Fsp3) is 0.364. The van der Waals surface area contributed by atoms with E-state index in [-0.39, 0.29) is 5.02 Å². The minimum absolute atomic E-state index is 0.0459. The monoisotopic (exact) mass is 557 g/mol. The van der Waals surface area contributed by atoms with E-state index in [0.29, 0.717) is 56.3 Å². The number of aromatic nitrogens is 2. The van der Waals surface area contributed by atoms with Crippen LogP contribution >= 0.6 is 11.6 Å². The molecule has 1 fully saturated rings. The summed E-state index contributed by atoms with van der Waals surface area (Å²) in [5, 5.41) is 4.01. The maximum absolute atomic E-state index is 13.5. The van der Waals surface area contributed by atoms with E-state index in [4.69, 9.17) is 21.1 Å². The van der Waals surface area contributed by atoms with Gasteiger partial charge in [0.05, 0.1) is 5.02 Å². The van der Waals surface area contributed by atoms with Crippen molar-refractivity contribution in [3.05, 3.63) is 47.5 Å². The number of fused-ring (bicyclic) bond motifs is 1. The molecule has 6 nitrogen and oxygen atoms in total. The Balaban J connectivity index is 1.51. The molecule has 166 valence electrons. The van der Waals surface area contributed by atoms with E-state index in [1.54, 1.807) is 13.2 Å². The van der Waals surface area contributed by atoms with Crippen LogP contribution in [0.3, 0.4) is 0 Å². The molecule has 9 heteroatoms. The number of anilines is 2. The van der Waals surface area contributed by atoms with Crippen molar-refractivity contribution in [2.24, 2.45) is 0 Å². The van der Waals surface area contributed by atoms with Crippen molar-refractivity contribution in [3.8, 4) is 11.5 Å². The van der Waals surface area contributed by atoms with Crippen LogP contribution in [0.1, 0.15) is 6.42 Å². The summed E-state index contributed by atoms with van der Waals surface area (Å²) in [5.41, 5.74) is 1.35. The van der Waals surface area contributed by atoms with Crippen LogP contribution in [0.2, 0.25) is 5.02 Å². The quantitative estimate of drug-likeness (QED) is 0.256. The average Bonchev–Trinajstić information content (AvgIpc) is 2.79. The molecule has 1 aromatic heterocycles. The van der Waals surface area contributed by atoms with Crippen molar-refractivity contribution >= 4 is 34.0 Å². The first-order chi connectivity index (χ1) is 15.1. The second-order valence-corrected chi connectivity index (χ2v) is 10.8. The van der Waals surface area contributed by atoms with Gasteiger partial charge in [0.1, 0.15) is 12.1 Å². The van der Waals surface area contributed by atoms with Crippen LogP contribution < -0.4 is 36.0 Å². The molecule has 1 aliphatic rings. The van der Waals surface area contributed by atoms with Gasteiger partial charge in [-0.25, -0.2) is 4.39 Å². The number of halogens is 3. The summed E-state index contributed by atoms with van der Waals surface area (Å²) in [5.74, 6) is 1.39. The predicted octanol–water partition coefficient (Wildman–Crippen LogP) is 1.35. The van der Waals surface area contributed by atoms with E-state index in [9.17, 15) is 4.39 Å². The Morgan fingerprint density at radius 1 is 1.16 bits per heavy atom. The third-order valence-electron chi connectivity index (χ3n) is 5.05. The van der Waals surface area contributed by atoms with Crippen LogP contribution in [0.5, 0.6) is 11.5 Å². The Hall–Kier alpha value is -1.91. The summed E-state index contributed by atoms with van der Waals surface area (Å²) in [7, 11) is 1.62. The fourth-order valence-corrected chi connectivity index (χ4v) is 6.17. The van der Waals surface area contributed by atoms with Crippen LogP contribution in [0.4, 0.5) is 15.9 Å². The molecule has 0 spiro atoms. The van der Waals surface area contributed by atoms with Crippen LogP contribution in [-0.2, 0) is 0 Å². The second-order valence-electron chi connectivity index (χ2n) is 7.11. The van der Waals surface area contributed by atoms with Crippen molar-refractivity contribution in [2.45, 2.75) is 6.42 Å². The third kappa shape index (κ3) is 5.67. The third-order valence-corrected chi connectivity index (χ3v) is 7.83. The van der Waals surface area contributed by atoms with Gasteiger partial charge in [-0.3, -0.25) is 0 Å². The number of rotatable bonds is 8. The average molecular weight is 558 g/mol. The van der Waals surface area contributed by atoms with Crippen LogP contribution in [0.25, 0.3) is 10.9 Å². The molecule has 4 rings (SSSR count). The first kappa shape index (κ1) is 22.3. The fourth-order valence-electron chi connectivity index (χ4n) is 3.41. The van der Waals surface area contributed by atoms with Crippen molar-refractivity contribution in [3.63, 3.8) is 0 Å². The van der Waals surface area contributed by atoms with E-state index in [0.717, 1.165) is 18.4 Å². The maximum atomic E-state index is 13.5. The van der Waals surface area contributed by atoms with Crippen molar-refractivity contribution in [2.75, 3.05) is 47.5 Å². The number of hydrogen-bond acceptors (Lipinski definition) is 6. The Morgan fingerprint density at radius 3 is 2.77 bits per heavy atom. The molecule has 2 heterocycles. The molecule has 0 unspecified atom stereocenters. The molecule has 3 aromatic rings. The molecule has 2 aromatic carbocycles. The standard InChI is InChI=1S/C22H24ClFIN4O2/c1-30-20-13-19-16(12-21(20)31-10-2-7-29-8-5-25-6-9-29)22(27-14-26-19)28-15-3-4-18(24)17(23)11-15/h3-4,11-14H,2,5-10H2,1H3,(H,26,27,28)/q-1. The van der Waals surface area contributed by atoms with Gasteiger partial charge in [0.2, 0.25) is 0 Å². The molecule has 0 amide bonds. The van der Waals surface area contributed by atoms with Crippen molar-refractivity contribution in [1.82, 2.24) is 14.9 Å². The first-order valence-corrected chi connectivity index (χ1v) is 13.5. The Bertz CT molecular complexity index is 1050. The van der Waals surface area contributed by atoms with Gasteiger partial charge in [0.15, 0.2) is 0 Å². The summed E-state index contributed by atoms with van der Waals surface area (Å²) >= 11 is 6.35. The zero-order valence-corrected chi connectivity index (χ0v) is 20.1. The zero-order chi connectivity index (χ0) is 21.6. The van der Waals surface area contributed by atoms with Gasteiger partial charge in [0, 0.05) is 5.69 Å². The van der Waals surface area contributed by atoms with Crippen LogP contribution in [0.15, 0.2) is 36.7 Å². The molecule has 1 aliphatic heterocycles.